The Labute approximate surface area is 256 Å². The summed E-state index contributed by atoms with van der Waals surface area (Å²) in [5.41, 5.74) is 3.77. The zero-order valence-electron chi connectivity index (χ0n) is 25.6. The Bertz CT molecular complexity index is 1210. The Hall–Kier alpha value is -3.07. The predicted molar refractivity (Wildman–Crippen MR) is 167 cm³/mol. The van der Waals surface area contributed by atoms with Crippen molar-refractivity contribution in [3.63, 3.8) is 0 Å². The molecule has 3 heterocycles. The molecule has 4 atom stereocenters. The molecule has 2 aliphatic rings. The van der Waals surface area contributed by atoms with Gasteiger partial charge in [-0.2, -0.15) is 0 Å². The van der Waals surface area contributed by atoms with Crippen molar-refractivity contribution in [3.05, 3.63) is 77.4 Å². The van der Waals surface area contributed by atoms with E-state index in [1.165, 1.54) is 12.0 Å². The highest BCUT2D eigenvalue weighted by Gasteiger charge is 2.25. The smallest absolute Gasteiger partial charge is 0.354 e. The van der Waals surface area contributed by atoms with Crippen molar-refractivity contribution in [1.29, 1.82) is 0 Å². The topological polar surface area (TPSA) is 111 Å². The number of fused-ring (bicyclic) bond motifs is 1. The van der Waals surface area contributed by atoms with Gasteiger partial charge in [0.05, 0.1) is 19.3 Å². The van der Waals surface area contributed by atoms with E-state index in [1.54, 1.807) is 18.2 Å². The van der Waals surface area contributed by atoms with Crippen LogP contribution in [0.2, 0.25) is 0 Å². The lowest BCUT2D eigenvalue weighted by Crippen LogP contribution is -2.26. The summed E-state index contributed by atoms with van der Waals surface area (Å²) in [6.45, 7) is 8.97. The zero-order chi connectivity index (χ0) is 30.4. The average Bonchev–Trinajstić information content (AvgIpc) is 2.99. The van der Waals surface area contributed by atoms with Gasteiger partial charge in [0, 0.05) is 31.2 Å². The van der Waals surface area contributed by atoms with Gasteiger partial charge in [-0.3, -0.25) is 0 Å². The maximum Gasteiger partial charge on any atom is 0.354 e. The van der Waals surface area contributed by atoms with E-state index >= 15 is 0 Å². The Morgan fingerprint density at radius 3 is 2.09 bits per heavy atom. The van der Waals surface area contributed by atoms with Gasteiger partial charge in [0.2, 0.25) is 0 Å². The Balaban J connectivity index is 1.42. The summed E-state index contributed by atoms with van der Waals surface area (Å²) in [6.07, 6.45) is 12.0. The predicted octanol–water partition coefficient (Wildman–Crippen LogP) is 6.85. The van der Waals surface area contributed by atoms with Crippen LogP contribution in [0, 0.1) is 17.8 Å². The van der Waals surface area contributed by atoms with Crippen LogP contribution in [0.3, 0.4) is 0 Å². The molecule has 8 heteroatoms. The van der Waals surface area contributed by atoms with Gasteiger partial charge in [-0.25, -0.2) is 14.8 Å². The van der Waals surface area contributed by atoms with E-state index < -0.39 is 5.97 Å². The molecule has 4 rings (SSSR count). The quantitative estimate of drug-likeness (QED) is 0.277. The first-order chi connectivity index (χ1) is 20.9. The second-order valence-electron chi connectivity index (χ2n) is 12.1. The molecule has 1 fully saturated rings. The fourth-order valence-electron chi connectivity index (χ4n) is 6.08. The number of aliphatic hydroxyl groups is 1. The van der Waals surface area contributed by atoms with Crippen molar-refractivity contribution >= 4 is 11.7 Å². The van der Waals surface area contributed by atoms with Gasteiger partial charge in [0.25, 0.3) is 0 Å². The fraction of sp³-hybridized carbons (Fsp3) is 0.571. The van der Waals surface area contributed by atoms with Gasteiger partial charge in [-0.1, -0.05) is 31.7 Å². The number of ether oxygens (including phenoxy) is 3. The van der Waals surface area contributed by atoms with Crippen LogP contribution in [0.25, 0.3) is 5.76 Å². The minimum absolute atomic E-state index is 0.0145. The van der Waals surface area contributed by atoms with Crippen molar-refractivity contribution in [2.24, 2.45) is 17.8 Å². The maximum atomic E-state index is 11.4. The van der Waals surface area contributed by atoms with Crippen LogP contribution in [0.1, 0.15) is 85.9 Å². The van der Waals surface area contributed by atoms with E-state index in [-0.39, 0.29) is 17.6 Å². The number of aromatic carboxylic acids is 1. The number of carbonyl (C=O) groups is 1. The number of carboxylic acid groups (broad SMARTS) is 1. The van der Waals surface area contributed by atoms with Gasteiger partial charge >= 0.3 is 5.97 Å². The molecule has 0 saturated heterocycles. The molecule has 0 amide bonds. The molecule has 43 heavy (non-hydrogen) atoms. The average molecular weight is 593 g/mol. The molecule has 8 nitrogen and oxygen atoms in total. The summed E-state index contributed by atoms with van der Waals surface area (Å²) in [4.78, 5) is 20.4. The van der Waals surface area contributed by atoms with Gasteiger partial charge in [-0.05, 0) is 112 Å². The van der Waals surface area contributed by atoms with Crippen molar-refractivity contribution < 1.29 is 29.2 Å². The van der Waals surface area contributed by atoms with Gasteiger partial charge in [0.15, 0.2) is 0 Å². The standard InChI is InChI=1S/C35H48N2O6/c1-25-12-13-29-7-3-6-27(23-31-9-5-11-33(37-31)35(39)40)14-17-41-20-21-42-18-15-28(16-19-43-34(29)22-25)24-30-8-4-10-32(36-30)26(2)38/h4-5,7-11,25,27-28,34,38H,2-3,6,12-24H2,1H3,(H,39,40)/b29-7+. The molecule has 0 radical (unpaired) electrons. The molecule has 1 aliphatic carbocycles. The molecule has 234 valence electrons. The number of rotatable bonds is 6. The number of nitrogens with zero attached hydrogens (tertiary/aromatic N) is 2. The second-order valence-corrected chi connectivity index (χ2v) is 12.1. The number of pyridine rings is 2. The summed E-state index contributed by atoms with van der Waals surface area (Å²) in [5, 5.41) is 19.2. The molecule has 2 aromatic rings. The first-order valence-corrected chi connectivity index (χ1v) is 15.9. The Morgan fingerprint density at radius 2 is 1.44 bits per heavy atom. The summed E-state index contributed by atoms with van der Waals surface area (Å²) >= 11 is 0. The molecule has 1 saturated carbocycles. The summed E-state index contributed by atoms with van der Waals surface area (Å²) < 4.78 is 18.5. The first-order valence-electron chi connectivity index (χ1n) is 15.9. The van der Waals surface area contributed by atoms with E-state index in [0.29, 0.717) is 56.5 Å². The summed E-state index contributed by atoms with van der Waals surface area (Å²) in [7, 11) is 0. The SMILES string of the molecule is C=C(O)c1cccc(CC2CCOCCOCCC(Cc3cccc(C(=O)O)n3)CC/C=C3\CCC(C)CC3OCC2)n1. The number of carboxylic acids is 1. The fourth-order valence-corrected chi connectivity index (χ4v) is 6.08. The maximum absolute atomic E-state index is 11.4. The molecule has 2 N–H and O–H groups in total. The normalized spacial score (nSPS) is 26.2. The highest BCUT2D eigenvalue weighted by molar-refractivity contribution is 5.85. The summed E-state index contributed by atoms with van der Waals surface area (Å²) in [5.74, 6) is 0.310. The van der Waals surface area contributed by atoms with Crippen molar-refractivity contribution in [1.82, 2.24) is 9.97 Å². The van der Waals surface area contributed by atoms with E-state index in [1.807, 2.05) is 18.2 Å². The number of hydrogen-bond acceptors (Lipinski definition) is 7. The van der Waals surface area contributed by atoms with E-state index in [9.17, 15) is 15.0 Å². The number of aromatic nitrogens is 2. The Kier molecular flexibility index (Phi) is 13.2. The third-order valence-corrected chi connectivity index (χ3v) is 8.62. The van der Waals surface area contributed by atoms with Gasteiger partial charge in [-0.15, -0.1) is 0 Å². The zero-order valence-corrected chi connectivity index (χ0v) is 25.6. The van der Waals surface area contributed by atoms with Crippen molar-refractivity contribution in [2.75, 3.05) is 33.0 Å². The molecule has 0 bridgehead atoms. The lowest BCUT2D eigenvalue weighted by molar-refractivity contribution is 0.0260. The van der Waals surface area contributed by atoms with Crippen molar-refractivity contribution in [3.8, 4) is 0 Å². The van der Waals surface area contributed by atoms with Gasteiger partial charge < -0.3 is 24.4 Å². The van der Waals surface area contributed by atoms with Crippen LogP contribution < -0.4 is 0 Å². The minimum atomic E-state index is -0.998. The number of allylic oxidation sites excluding steroid dienone is 1. The summed E-state index contributed by atoms with van der Waals surface area (Å²) in [6, 6.07) is 10.9. The van der Waals surface area contributed by atoms with E-state index in [0.717, 1.165) is 69.2 Å². The van der Waals surface area contributed by atoms with Gasteiger partial charge in [0.1, 0.15) is 17.1 Å². The van der Waals surface area contributed by atoms with Crippen LogP contribution >= 0.6 is 0 Å². The largest absolute Gasteiger partial charge is 0.506 e. The highest BCUT2D eigenvalue weighted by atomic mass is 16.5. The monoisotopic (exact) mass is 592 g/mol. The molecular formula is C35H48N2O6. The molecular weight excluding hydrogens is 544 g/mol. The molecule has 0 aromatic carbocycles. The molecule has 0 spiro atoms. The van der Waals surface area contributed by atoms with Crippen molar-refractivity contribution in [2.45, 2.75) is 77.2 Å². The van der Waals surface area contributed by atoms with Crippen LogP contribution in [-0.2, 0) is 27.1 Å². The number of aliphatic hydroxyl groups excluding tert-OH is 1. The van der Waals surface area contributed by atoms with E-state index in [4.69, 9.17) is 14.2 Å². The third kappa shape index (κ3) is 11.2. The molecule has 4 unspecified atom stereocenters. The van der Waals surface area contributed by atoms with Crippen LogP contribution in [0.15, 0.2) is 54.6 Å². The molecule has 1 aliphatic heterocycles. The number of hydrogen-bond donors (Lipinski definition) is 2. The first kappa shape index (κ1) is 32.8. The second kappa shape index (κ2) is 17.3. The highest BCUT2D eigenvalue weighted by Crippen LogP contribution is 2.32. The lowest BCUT2D eigenvalue weighted by atomic mass is 9.83. The van der Waals surface area contributed by atoms with Crippen LogP contribution in [0.4, 0.5) is 0 Å². The third-order valence-electron chi connectivity index (χ3n) is 8.62. The molecule has 2 aromatic heterocycles. The lowest BCUT2D eigenvalue weighted by Gasteiger charge is -2.31. The van der Waals surface area contributed by atoms with Crippen LogP contribution in [-0.4, -0.2) is 65.3 Å². The van der Waals surface area contributed by atoms with E-state index in [2.05, 4.69) is 29.5 Å². The minimum Gasteiger partial charge on any atom is -0.506 e. The van der Waals surface area contributed by atoms with Crippen LogP contribution in [0.5, 0.6) is 0 Å². The Morgan fingerprint density at radius 1 is 0.837 bits per heavy atom.